The van der Waals surface area contributed by atoms with Crippen LogP contribution in [0, 0.1) is 13.8 Å². The summed E-state index contributed by atoms with van der Waals surface area (Å²) in [6, 6.07) is 15.4. The number of nitrogens with one attached hydrogen (secondary N) is 1. The van der Waals surface area contributed by atoms with Crippen molar-refractivity contribution < 1.29 is 14.3 Å². The number of nitrogens with zero attached hydrogens (tertiary/aromatic N) is 2. The summed E-state index contributed by atoms with van der Waals surface area (Å²) in [5.74, 6) is -0.789. The number of aromatic nitrogens is 3. The molecule has 0 radical (unpaired) electrons. The summed E-state index contributed by atoms with van der Waals surface area (Å²) in [5.41, 5.74) is 5.11. The molecule has 152 valence electrons. The molecule has 0 aliphatic carbocycles. The Hall–Kier alpha value is -3.67. The van der Waals surface area contributed by atoms with Gasteiger partial charge in [-0.2, -0.15) is 5.10 Å². The van der Waals surface area contributed by atoms with E-state index in [0.717, 1.165) is 28.6 Å². The Balaban J connectivity index is 1.53. The number of esters is 1. The van der Waals surface area contributed by atoms with E-state index in [4.69, 9.17) is 4.74 Å². The molecule has 0 bridgehead atoms. The third kappa shape index (κ3) is 3.41. The number of H-pyrrole nitrogens is 1. The first kappa shape index (κ1) is 19.6. The van der Waals surface area contributed by atoms with Crippen molar-refractivity contribution >= 4 is 22.7 Å². The van der Waals surface area contributed by atoms with E-state index in [1.165, 1.54) is 0 Å². The van der Waals surface area contributed by atoms with E-state index in [2.05, 4.69) is 17.0 Å². The van der Waals surface area contributed by atoms with Gasteiger partial charge in [-0.15, -0.1) is 0 Å². The zero-order valence-electron chi connectivity index (χ0n) is 17.2. The number of para-hydroxylation sites is 2. The molecule has 0 atom stereocenters. The molecule has 1 N–H and O–H groups in total. The number of rotatable bonds is 6. The molecule has 0 aliphatic heterocycles. The summed E-state index contributed by atoms with van der Waals surface area (Å²) in [7, 11) is 0. The fourth-order valence-corrected chi connectivity index (χ4v) is 3.78. The lowest BCUT2D eigenvalue weighted by atomic mass is 10.1. The van der Waals surface area contributed by atoms with Gasteiger partial charge in [0.2, 0.25) is 5.78 Å². The highest BCUT2D eigenvalue weighted by Crippen LogP contribution is 2.23. The smallest absolute Gasteiger partial charge is 0.342 e. The molecule has 4 rings (SSSR count). The maximum atomic E-state index is 12.7. The Morgan fingerprint density at radius 3 is 2.57 bits per heavy atom. The number of benzene rings is 2. The van der Waals surface area contributed by atoms with Crippen LogP contribution in [0.4, 0.5) is 0 Å². The van der Waals surface area contributed by atoms with E-state index in [-0.39, 0.29) is 12.4 Å². The lowest BCUT2D eigenvalue weighted by Crippen LogP contribution is -2.15. The van der Waals surface area contributed by atoms with Gasteiger partial charge in [0.05, 0.1) is 17.1 Å². The number of carbonyl (C=O) groups is 2. The summed E-state index contributed by atoms with van der Waals surface area (Å²) in [4.78, 5) is 28.6. The van der Waals surface area contributed by atoms with Crippen molar-refractivity contribution in [1.29, 1.82) is 0 Å². The van der Waals surface area contributed by atoms with Crippen LogP contribution in [-0.2, 0) is 11.2 Å². The van der Waals surface area contributed by atoms with Gasteiger partial charge in [-0.05, 0) is 38.0 Å². The lowest BCUT2D eigenvalue weighted by molar-refractivity contribution is 0.0473. The van der Waals surface area contributed by atoms with Crippen LogP contribution in [0.25, 0.3) is 16.6 Å². The average molecular weight is 401 g/mol. The molecule has 0 saturated carbocycles. The van der Waals surface area contributed by atoms with Crippen LogP contribution in [0.3, 0.4) is 0 Å². The Bertz CT molecular complexity index is 1240. The van der Waals surface area contributed by atoms with Gasteiger partial charge < -0.3 is 9.72 Å². The number of fused-ring (bicyclic) bond motifs is 1. The van der Waals surface area contributed by atoms with E-state index >= 15 is 0 Å². The maximum absolute atomic E-state index is 12.7. The molecule has 0 spiro atoms. The van der Waals surface area contributed by atoms with Gasteiger partial charge in [0.1, 0.15) is 5.56 Å². The number of hydrogen-bond acceptors (Lipinski definition) is 4. The van der Waals surface area contributed by atoms with Crippen LogP contribution in [0.2, 0.25) is 0 Å². The maximum Gasteiger partial charge on any atom is 0.342 e. The van der Waals surface area contributed by atoms with E-state index in [9.17, 15) is 9.59 Å². The lowest BCUT2D eigenvalue weighted by Gasteiger charge is -2.06. The SMILES string of the molecule is CCc1cccc2c(C(=O)COC(=O)c3c(C)nn(-c4ccccc4)c3C)c[nH]c12. The molecule has 0 unspecified atom stereocenters. The second-order valence-corrected chi connectivity index (χ2v) is 7.19. The summed E-state index contributed by atoms with van der Waals surface area (Å²) in [6.07, 6.45) is 2.55. The van der Waals surface area contributed by atoms with Crippen LogP contribution in [0.1, 0.15) is 44.6 Å². The van der Waals surface area contributed by atoms with E-state index in [0.29, 0.717) is 22.5 Å². The number of aromatic amines is 1. The quantitative estimate of drug-likeness (QED) is 0.379. The van der Waals surface area contributed by atoms with Crippen LogP contribution in [-0.4, -0.2) is 33.1 Å². The third-order valence-corrected chi connectivity index (χ3v) is 5.31. The summed E-state index contributed by atoms with van der Waals surface area (Å²) in [5, 5.41) is 5.31. The highest BCUT2D eigenvalue weighted by atomic mass is 16.5. The molecule has 0 aliphatic rings. The summed E-state index contributed by atoms with van der Waals surface area (Å²) < 4.78 is 7.08. The van der Waals surface area contributed by atoms with Crippen LogP contribution in [0.5, 0.6) is 0 Å². The van der Waals surface area contributed by atoms with Crippen LogP contribution >= 0.6 is 0 Å². The Kier molecular flexibility index (Phi) is 5.23. The predicted octanol–water partition coefficient (Wildman–Crippen LogP) is 4.57. The standard InChI is InChI=1S/C24H23N3O3/c1-4-17-9-8-12-19-20(13-25-23(17)19)21(28)14-30-24(29)22-15(2)26-27(16(22)3)18-10-6-5-7-11-18/h5-13,25H,4,14H2,1-3H3. The average Bonchev–Trinajstić information content (AvgIpc) is 3.33. The van der Waals surface area contributed by atoms with Crippen molar-refractivity contribution in [2.24, 2.45) is 0 Å². The molecule has 2 heterocycles. The second kappa shape index (κ2) is 7.99. The molecular formula is C24H23N3O3. The van der Waals surface area contributed by atoms with E-state index in [1.54, 1.807) is 17.8 Å². The van der Waals surface area contributed by atoms with Crippen molar-refractivity contribution in [2.75, 3.05) is 6.61 Å². The molecule has 0 fully saturated rings. The van der Waals surface area contributed by atoms with Crippen molar-refractivity contribution in [3.63, 3.8) is 0 Å². The Morgan fingerprint density at radius 1 is 1.07 bits per heavy atom. The first-order chi connectivity index (χ1) is 14.5. The van der Waals surface area contributed by atoms with Gasteiger partial charge in [-0.25, -0.2) is 9.48 Å². The van der Waals surface area contributed by atoms with Crippen molar-refractivity contribution in [3.8, 4) is 5.69 Å². The van der Waals surface area contributed by atoms with Crippen molar-refractivity contribution in [3.05, 3.63) is 82.8 Å². The highest BCUT2D eigenvalue weighted by Gasteiger charge is 2.22. The van der Waals surface area contributed by atoms with Gasteiger partial charge >= 0.3 is 5.97 Å². The topological polar surface area (TPSA) is 77.0 Å². The number of aryl methyl sites for hydroxylation is 2. The molecule has 4 aromatic rings. The number of carbonyl (C=O) groups excluding carboxylic acids is 2. The number of ether oxygens (including phenoxy) is 1. The molecule has 2 aromatic carbocycles. The molecule has 0 amide bonds. The highest BCUT2D eigenvalue weighted by molar-refractivity contribution is 6.09. The minimum absolute atomic E-state index is 0.242. The van der Waals surface area contributed by atoms with Gasteiger partial charge in [-0.1, -0.05) is 43.3 Å². The zero-order valence-corrected chi connectivity index (χ0v) is 17.2. The summed E-state index contributed by atoms with van der Waals surface area (Å²) in [6.45, 7) is 5.32. The molecule has 6 heteroatoms. The first-order valence-corrected chi connectivity index (χ1v) is 9.92. The third-order valence-electron chi connectivity index (χ3n) is 5.31. The monoisotopic (exact) mass is 401 g/mol. The van der Waals surface area contributed by atoms with E-state index < -0.39 is 5.97 Å². The van der Waals surface area contributed by atoms with Gasteiger partial charge in [-0.3, -0.25) is 4.79 Å². The van der Waals surface area contributed by atoms with Crippen molar-refractivity contribution in [2.45, 2.75) is 27.2 Å². The molecular weight excluding hydrogens is 378 g/mol. The Morgan fingerprint density at radius 2 is 1.83 bits per heavy atom. The van der Waals surface area contributed by atoms with Crippen LogP contribution < -0.4 is 0 Å². The molecule has 0 saturated heterocycles. The second-order valence-electron chi connectivity index (χ2n) is 7.19. The normalized spacial score (nSPS) is 11.0. The molecule has 6 nitrogen and oxygen atoms in total. The summed E-state index contributed by atoms with van der Waals surface area (Å²) >= 11 is 0. The minimum atomic E-state index is -0.547. The zero-order chi connectivity index (χ0) is 21.3. The van der Waals surface area contributed by atoms with Crippen molar-refractivity contribution in [1.82, 2.24) is 14.8 Å². The largest absolute Gasteiger partial charge is 0.454 e. The number of hydrogen-bond donors (Lipinski definition) is 1. The number of Topliss-reactive ketones (excluding diaryl/α,β-unsaturated/α-hetero) is 1. The minimum Gasteiger partial charge on any atom is -0.454 e. The van der Waals surface area contributed by atoms with Gasteiger partial charge in [0.15, 0.2) is 6.61 Å². The fraction of sp³-hybridized carbons (Fsp3) is 0.208. The first-order valence-electron chi connectivity index (χ1n) is 9.92. The number of ketones is 1. The predicted molar refractivity (Wildman–Crippen MR) is 115 cm³/mol. The van der Waals surface area contributed by atoms with Crippen LogP contribution in [0.15, 0.2) is 54.7 Å². The fourth-order valence-electron chi connectivity index (χ4n) is 3.78. The Labute approximate surface area is 174 Å². The molecule has 30 heavy (non-hydrogen) atoms. The van der Waals surface area contributed by atoms with Gasteiger partial charge in [0.25, 0.3) is 0 Å². The van der Waals surface area contributed by atoms with Gasteiger partial charge in [0, 0.05) is 22.7 Å². The van der Waals surface area contributed by atoms with E-state index in [1.807, 2.05) is 55.5 Å². The molecule has 2 aromatic heterocycles.